The Morgan fingerprint density at radius 1 is 1.46 bits per heavy atom. The van der Waals surface area contributed by atoms with Gasteiger partial charge in [-0.2, -0.15) is 4.31 Å². The highest BCUT2D eigenvalue weighted by molar-refractivity contribution is 9.11. The summed E-state index contributed by atoms with van der Waals surface area (Å²) in [4.78, 5) is 13.7. The third-order valence-electron chi connectivity index (χ3n) is 3.67. The highest BCUT2D eigenvalue weighted by atomic mass is 79.9. The molecule has 0 spiro atoms. The molecule has 9 heteroatoms. The molecular formula is C15H23BrN2O4S2. The summed E-state index contributed by atoms with van der Waals surface area (Å²) in [6.45, 7) is 6.99. The summed E-state index contributed by atoms with van der Waals surface area (Å²) in [6, 6.07) is 3.33. The fraction of sp³-hybridized carbons (Fsp3) is 0.667. The van der Waals surface area contributed by atoms with E-state index >= 15 is 0 Å². The minimum absolute atomic E-state index is 0.112. The van der Waals surface area contributed by atoms with Gasteiger partial charge in [-0.15, -0.1) is 11.3 Å². The quantitative estimate of drug-likeness (QED) is 0.722. The number of carbonyl (C=O) groups excluding carboxylic acids is 1. The van der Waals surface area contributed by atoms with E-state index in [1.54, 1.807) is 24.1 Å². The van der Waals surface area contributed by atoms with Crippen molar-refractivity contribution in [1.82, 2.24) is 9.21 Å². The van der Waals surface area contributed by atoms with Crippen molar-refractivity contribution in [2.45, 2.75) is 37.0 Å². The average Bonchev–Trinajstić information content (AvgIpc) is 3.06. The van der Waals surface area contributed by atoms with E-state index in [9.17, 15) is 13.2 Å². The van der Waals surface area contributed by atoms with E-state index in [0.29, 0.717) is 23.8 Å². The Morgan fingerprint density at radius 2 is 2.12 bits per heavy atom. The maximum atomic E-state index is 12.5. The molecule has 1 aliphatic rings. The van der Waals surface area contributed by atoms with Crippen LogP contribution >= 0.6 is 27.3 Å². The summed E-state index contributed by atoms with van der Waals surface area (Å²) in [7, 11) is -1.90. The summed E-state index contributed by atoms with van der Waals surface area (Å²) >= 11 is 4.48. The molecule has 1 aliphatic heterocycles. The second-order valence-electron chi connectivity index (χ2n) is 6.93. The molecule has 2 rings (SSSR count). The van der Waals surface area contributed by atoms with Crippen molar-refractivity contribution in [2.24, 2.45) is 5.92 Å². The van der Waals surface area contributed by atoms with Crippen LogP contribution in [-0.4, -0.2) is 56.0 Å². The van der Waals surface area contributed by atoms with Gasteiger partial charge in [-0.25, -0.2) is 13.2 Å². The fourth-order valence-electron chi connectivity index (χ4n) is 2.53. The van der Waals surface area contributed by atoms with Crippen molar-refractivity contribution in [3.63, 3.8) is 0 Å². The Balaban J connectivity index is 1.94. The van der Waals surface area contributed by atoms with Gasteiger partial charge in [-0.3, -0.25) is 0 Å². The van der Waals surface area contributed by atoms with Crippen LogP contribution in [0.5, 0.6) is 0 Å². The molecule has 0 N–H and O–H groups in total. The van der Waals surface area contributed by atoms with Gasteiger partial charge in [0, 0.05) is 26.7 Å². The molecule has 24 heavy (non-hydrogen) atoms. The summed E-state index contributed by atoms with van der Waals surface area (Å²) in [5.74, 6) is 0.112. The first kappa shape index (κ1) is 19.7. The first-order valence-corrected chi connectivity index (χ1v) is 10.7. The number of halogens is 1. The van der Waals surface area contributed by atoms with Crippen LogP contribution in [0, 0.1) is 5.92 Å². The molecule has 0 bridgehead atoms. The number of hydrogen-bond donors (Lipinski definition) is 0. The number of hydrogen-bond acceptors (Lipinski definition) is 5. The van der Waals surface area contributed by atoms with Crippen molar-refractivity contribution in [3.05, 3.63) is 15.9 Å². The molecule has 1 atom stereocenters. The largest absolute Gasteiger partial charge is 0.444 e. The maximum Gasteiger partial charge on any atom is 0.410 e. The van der Waals surface area contributed by atoms with Crippen LogP contribution < -0.4 is 0 Å². The standard InChI is InChI=1S/C15H23BrN2O4S2/c1-15(2,3)22-14(19)18-8-7-11(10-18)9-17(4)24(20,21)13-6-5-12(16)23-13/h5-6,11H,7-10H2,1-4H3/t11-/m0/s1. The normalized spacial score (nSPS) is 19.1. The van der Waals surface area contributed by atoms with Crippen LogP contribution in [0.2, 0.25) is 0 Å². The topological polar surface area (TPSA) is 66.9 Å². The zero-order valence-electron chi connectivity index (χ0n) is 14.3. The number of nitrogens with zero attached hydrogens (tertiary/aromatic N) is 2. The third-order valence-corrected chi connectivity index (χ3v) is 7.58. The zero-order valence-corrected chi connectivity index (χ0v) is 17.5. The molecule has 2 heterocycles. The predicted molar refractivity (Wildman–Crippen MR) is 97.7 cm³/mol. The Labute approximate surface area is 156 Å². The molecule has 1 amide bonds. The molecule has 0 unspecified atom stereocenters. The zero-order chi connectivity index (χ0) is 18.1. The molecule has 6 nitrogen and oxygen atoms in total. The van der Waals surface area contributed by atoms with Gasteiger partial charge in [0.15, 0.2) is 0 Å². The Morgan fingerprint density at radius 3 is 2.67 bits per heavy atom. The maximum absolute atomic E-state index is 12.5. The fourth-order valence-corrected chi connectivity index (χ4v) is 5.99. The first-order valence-electron chi connectivity index (χ1n) is 7.68. The van der Waals surface area contributed by atoms with Crippen LogP contribution in [0.15, 0.2) is 20.1 Å². The highest BCUT2D eigenvalue weighted by Crippen LogP contribution is 2.29. The molecule has 1 aromatic heterocycles. The molecule has 0 saturated carbocycles. The van der Waals surface area contributed by atoms with Crippen LogP contribution in [0.3, 0.4) is 0 Å². The van der Waals surface area contributed by atoms with Gasteiger partial charge in [0.05, 0.1) is 3.79 Å². The lowest BCUT2D eigenvalue weighted by molar-refractivity contribution is 0.0287. The summed E-state index contributed by atoms with van der Waals surface area (Å²) < 4.78 is 32.9. The van der Waals surface area contributed by atoms with Gasteiger partial charge in [0.1, 0.15) is 9.81 Å². The van der Waals surface area contributed by atoms with E-state index in [1.165, 1.54) is 15.6 Å². The molecule has 136 valence electrons. The molecule has 1 saturated heterocycles. The smallest absolute Gasteiger partial charge is 0.410 e. The van der Waals surface area contributed by atoms with Gasteiger partial charge >= 0.3 is 6.09 Å². The number of rotatable bonds is 4. The second kappa shape index (κ2) is 7.31. The minimum atomic E-state index is -3.49. The average molecular weight is 439 g/mol. The van der Waals surface area contributed by atoms with Gasteiger partial charge in [-0.05, 0) is 61.2 Å². The van der Waals surface area contributed by atoms with Crippen molar-refractivity contribution in [2.75, 3.05) is 26.7 Å². The molecule has 0 aromatic carbocycles. The van der Waals surface area contributed by atoms with Crippen molar-refractivity contribution < 1.29 is 17.9 Å². The molecule has 1 fully saturated rings. The van der Waals surface area contributed by atoms with Crippen LogP contribution in [-0.2, 0) is 14.8 Å². The van der Waals surface area contributed by atoms with E-state index in [1.807, 2.05) is 20.8 Å². The van der Waals surface area contributed by atoms with Crippen LogP contribution in [0.1, 0.15) is 27.2 Å². The van der Waals surface area contributed by atoms with Crippen molar-refractivity contribution in [1.29, 1.82) is 0 Å². The van der Waals surface area contributed by atoms with E-state index in [0.717, 1.165) is 10.2 Å². The summed E-state index contributed by atoms with van der Waals surface area (Å²) in [6.07, 6.45) is 0.436. The lowest BCUT2D eigenvalue weighted by Gasteiger charge is -2.25. The minimum Gasteiger partial charge on any atom is -0.444 e. The van der Waals surface area contributed by atoms with E-state index < -0.39 is 15.6 Å². The Hall–Kier alpha value is -0.640. The summed E-state index contributed by atoms with van der Waals surface area (Å²) in [5, 5.41) is 0. The Bertz CT molecular complexity index is 697. The number of amides is 1. The molecular weight excluding hydrogens is 416 g/mol. The van der Waals surface area contributed by atoms with E-state index in [2.05, 4.69) is 15.9 Å². The molecule has 0 radical (unpaired) electrons. The van der Waals surface area contributed by atoms with Gasteiger partial charge in [0.25, 0.3) is 10.0 Å². The molecule has 0 aliphatic carbocycles. The SMILES string of the molecule is CN(C[C@@H]1CCN(C(=O)OC(C)(C)C)C1)S(=O)(=O)c1ccc(Br)s1. The van der Waals surface area contributed by atoms with E-state index in [4.69, 9.17) is 4.74 Å². The van der Waals surface area contributed by atoms with Gasteiger partial charge < -0.3 is 9.64 Å². The van der Waals surface area contributed by atoms with Crippen molar-refractivity contribution in [3.8, 4) is 0 Å². The van der Waals surface area contributed by atoms with E-state index in [-0.39, 0.29) is 12.0 Å². The van der Waals surface area contributed by atoms with Crippen LogP contribution in [0.25, 0.3) is 0 Å². The third kappa shape index (κ3) is 4.93. The second-order valence-corrected chi connectivity index (χ2v) is 11.7. The lowest BCUT2D eigenvalue weighted by Crippen LogP contribution is -2.37. The van der Waals surface area contributed by atoms with Crippen molar-refractivity contribution >= 4 is 43.4 Å². The predicted octanol–water partition coefficient (Wildman–Crippen LogP) is 3.39. The number of ether oxygens (including phenoxy) is 1. The first-order chi connectivity index (χ1) is 11.0. The number of thiophene rings is 1. The molecule has 1 aromatic rings. The highest BCUT2D eigenvalue weighted by Gasteiger charge is 2.32. The summed E-state index contributed by atoms with van der Waals surface area (Å²) in [5.41, 5.74) is -0.526. The lowest BCUT2D eigenvalue weighted by atomic mass is 10.1. The Kier molecular flexibility index (Phi) is 5.99. The number of likely N-dealkylation sites (tertiary alicyclic amines) is 1. The number of carbonyl (C=O) groups is 1. The van der Waals surface area contributed by atoms with Gasteiger partial charge in [-0.1, -0.05) is 0 Å². The monoisotopic (exact) mass is 438 g/mol. The number of sulfonamides is 1. The van der Waals surface area contributed by atoms with Crippen LogP contribution in [0.4, 0.5) is 4.79 Å². The van der Waals surface area contributed by atoms with Gasteiger partial charge in [0.2, 0.25) is 0 Å².